The fourth-order valence-corrected chi connectivity index (χ4v) is 7.21. The largest absolute Gasteiger partial charge is 0.492 e. The molecule has 3 aliphatic carbocycles. The van der Waals surface area contributed by atoms with Crippen LogP contribution in [0.4, 0.5) is 0 Å². The van der Waals surface area contributed by atoms with Gasteiger partial charge in [-0.1, -0.05) is 20.3 Å². The van der Waals surface area contributed by atoms with Crippen molar-refractivity contribution in [1.82, 2.24) is 0 Å². The van der Waals surface area contributed by atoms with Crippen LogP contribution in [-0.4, -0.2) is 29.4 Å². The van der Waals surface area contributed by atoms with Gasteiger partial charge < -0.3 is 14.6 Å². The quantitative estimate of drug-likeness (QED) is 0.732. The highest BCUT2D eigenvalue weighted by molar-refractivity contribution is 5.77. The van der Waals surface area contributed by atoms with Crippen LogP contribution in [0, 0.1) is 28.6 Å². The molecule has 0 aromatic rings. The molecule has 1 heterocycles. The first kappa shape index (κ1) is 17.4. The Hall–Kier alpha value is -1.03. The Morgan fingerprint density at radius 3 is 2.72 bits per heavy atom. The van der Waals surface area contributed by atoms with Gasteiger partial charge in [0.05, 0.1) is 18.8 Å². The molecule has 4 rings (SSSR count). The molecule has 25 heavy (non-hydrogen) atoms. The Balaban J connectivity index is 1.81. The number of methoxy groups -OCH3 is 1. The van der Waals surface area contributed by atoms with Gasteiger partial charge in [0, 0.05) is 5.41 Å². The van der Waals surface area contributed by atoms with Crippen molar-refractivity contribution in [3.63, 3.8) is 0 Å². The molecule has 0 aromatic carbocycles. The first-order chi connectivity index (χ1) is 11.7. The summed E-state index contributed by atoms with van der Waals surface area (Å²) in [6.45, 7) is 6.52. The summed E-state index contributed by atoms with van der Waals surface area (Å²) in [6, 6.07) is 0. The zero-order valence-electron chi connectivity index (χ0n) is 16.0. The third kappa shape index (κ3) is 1.95. The summed E-state index contributed by atoms with van der Waals surface area (Å²) in [6.07, 6.45) is 10.2. The van der Waals surface area contributed by atoms with E-state index in [4.69, 9.17) is 9.47 Å². The molecule has 1 aliphatic heterocycles. The standard InChI is InChI=1S/C21H32O4/c1-14-12-21(23)19(3)9-5-8-18(2,17(22)24-4)16(19)6-10-20(21)13-15(14)7-11-25-20/h7,11,14-16,23H,5-6,8-10,12-13H2,1-4H3. The summed E-state index contributed by atoms with van der Waals surface area (Å²) >= 11 is 0. The average Bonchev–Trinajstić information content (AvgIpc) is 2.58. The number of aliphatic hydroxyl groups is 1. The maximum Gasteiger partial charge on any atom is 0.311 e. The van der Waals surface area contributed by atoms with E-state index in [0.717, 1.165) is 44.9 Å². The van der Waals surface area contributed by atoms with Gasteiger partial charge in [-0.15, -0.1) is 0 Å². The number of carbonyl (C=O) groups is 1. The molecule has 1 spiro atoms. The Morgan fingerprint density at radius 2 is 2.00 bits per heavy atom. The maximum absolute atomic E-state index is 12.7. The first-order valence-corrected chi connectivity index (χ1v) is 9.88. The number of fused-ring (bicyclic) bond motifs is 3. The molecule has 3 saturated carbocycles. The summed E-state index contributed by atoms with van der Waals surface area (Å²) in [5, 5.41) is 12.2. The van der Waals surface area contributed by atoms with Crippen molar-refractivity contribution < 1.29 is 19.4 Å². The van der Waals surface area contributed by atoms with Gasteiger partial charge >= 0.3 is 5.97 Å². The van der Waals surface area contributed by atoms with Gasteiger partial charge in [-0.2, -0.15) is 0 Å². The van der Waals surface area contributed by atoms with Gasteiger partial charge in [-0.3, -0.25) is 4.79 Å². The van der Waals surface area contributed by atoms with E-state index in [-0.39, 0.29) is 17.3 Å². The van der Waals surface area contributed by atoms with Crippen LogP contribution in [0.15, 0.2) is 12.3 Å². The predicted molar refractivity (Wildman–Crippen MR) is 94.6 cm³/mol. The van der Waals surface area contributed by atoms with Crippen LogP contribution in [0.5, 0.6) is 0 Å². The van der Waals surface area contributed by atoms with Crippen LogP contribution in [0.25, 0.3) is 0 Å². The van der Waals surface area contributed by atoms with Crippen LogP contribution in [-0.2, 0) is 14.3 Å². The lowest BCUT2D eigenvalue weighted by molar-refractivity contribution is -0.306. The number of allylic oxidation sites excluding steroid dienone is 1. The lowest BCUT2D eigenvalue weighted by Crippen LogP contribution is -2.74. The second-order valence-corrected chi connectivity index (χ2v) is 9.62. The molecule has 4 nitrogen and oxygen atoms in total. The van der Waals surface area contributed by atoms with E-state index < -0.39 is 16.6 Å². The van der Waals surface area contributed by atoms with Gasteiger partial charge in [0.25, 0.3) is 0 Å². The third-order valence-electron chi connectivity index (χ3n) is 8.65. The van der Waals surface area contributed by atoms with Gasteiger partial charge in [0.1, 0.15) is 11.2 Å². The van der Waals surface area contributed by atoms with Crippen LogP contribution in [0.3, 0.4) is 0 Å². The fourth-order valence-electron chi connectivity index (χ4n) is 7.21. The molecule has 2 bridgehead atoms. The Bertz CT molecular complexity index is 615. The third-order valence-corrected chi connectivity index (χ3v) is 8.65. The second kappa shape index (κ2) is 5.25. The van der Waals surface area contributed by atoms with Crippen LogP contribution < -0.4 is 0 Å². The lowest BCUT2D eigenvalue weighted by Gasteiger charge is -2.69. The number of hydrogen-bond acceptors (Lipinski definition) is 4. The SMILES string of the molecule is COC(=O)C1(C)CCCC2(C)C1CCC13CC(C=CO1)C(C)CC32O. The van der Waals surface area contributed by atoms with E-state index in [1.165, 1.54) is 7.11 Å². The zero-order chi connectivity index (χ0) is 18.1. The molecular formula is C21H32O4. The molecule has 0 aromatic heterocycles. The van der Waals surface area contributed by atoms with Gasteiger partial charge in [-0.25, -0.2) is 0 Å². The van der Waals surface area contributed by atoms with Crippen LogP contribution >= 0.6 is 0 Å². The minimum Gasteiger partial charge on any atom is -0.492 e. The lowest BCUT2D eigenvalue weighted by atomic mass is 9.39. The summed E-state index contributed by atoms with van der Waals surface area (Å²) in [5.41, 5.74) is -2.21. The molecule has 0 radical (unpaired) electrons. The first-order valence-electron chi connectivity index (χ1n) is 9.88. The van der Waals surface area contributed by atoms with E-state index in [1.807, 2.05) is 6.26 Å². The molecule has 7 unspecified atom stereocenters. The van der Waals surface area contributed by atoms with E-state index in [9.17, 15) is 9.90 Å². The molecule has 0 amide bonds. The number of carbonyl (C=O) groups excluding carboxylic acids is 1. The van der Waals surface area contributed by atoms with Gasteiger partial charge in [0.15, 0.2) is 0 Å². The second-order valence-electron chi connectivity index (χ2n) is 9.62. The molecule has 0 saturated heterocycles. The van der Waals surface area contributed by atoms with Crippen molar-refractivity contribution >= 4 is 5.97 Å². The van der Waals surface area contributed by atoms with E-state index >= 15 is 0 Å². The Kier molecular flexibility index (Phi) is 3.65. The summed E-state index contributed by atoms with van der Waals surface area (Å²) in [5.74, 6) is 0.939. The molecular weight excluding hydrogens is 316 g/mol. The molecule has 4 aliphatic rings. The number of esters is 1. The van der Waals surface area contributed by atoms with Crippen molar-refractivity contribution in [1.29, 1.82) is 0 Å². The van der Waals surface area contributed by atoms with Crippen LogP contribution in [0.2, 0.25) is 0 Å². The van der Waals surface area contributed by atoms with Crippen molar-refractivity contribution in [2.75, 3.05) is 7.11 Å². The van der Waals surface area contributed by atoms with E-state index in [2.05, 4.69) is 26.8 Å². The Morgan fingerprint density at radius 1 is 1.24 bits per heavy atom. The van der Waals surface area contributed by atoms with Gasteiger partial charge in [0.2, 0.25) is 0 Å². The summed E-state index contributed by atoms with van der Waals surface area (Å²) in [4.78, 5) is 12.7. The zero-order valence-corrected chi connectivity index (χ0v) is 16.0. The maximum atomic E-state index is 12.7. The molecule has 140 valence electrons. The minimum atomic E-state index is -0.890. The highest BCUT2D eigenvalue weighted by Crippen LogP contribution is 2.69. The van der Waals surface area contributed by atoms with Crippen molar-refractivity contribution in [3.8, 4) is 0 Å². The molecule has 1 N–H and O–H groups in total. The molecule has 4 heteroatoms. The average molecular weight is 348 g/mol. The summed E-state index contributed by atoms with van der Waals surface area (Å²) < 4.78 is 11.4. The van der Waals surface area contributed by atoms with Gasteiger partial charge in [-0.05, 0) is 69.3 Å². The normalized spacial score (nSPS) is 54.0. The van der Waals surface area contributed by atoms with Crippen molar-refractivity contribution in [2.45, 2.75) is 76.9 Å². The topological polar surface area (TPSA) is 55.8 Å². The number of rotatable bonds is 1. The number of hydrogen-bond donors (Lipinski definition) is 1. The smallest absolute Gasteiger partial charge is 0.311 e. The van der Waals surface area contributed by atoms with E-state index in [1.54, 1.807) is 0 Å². The monoisotopic (exact) mass is 348 g/mol. The van der Waals surface area contributed by atoms with Crippen LogP contribution in [0.1, 0.15) is 65.7 Å². The molecule has 3 fully saturated rings. The van der Waals surface area contributed by atoms with Crippen molar-refractivity contribution in [2.24, 2.45) is 28.6 Å². The highest BCUT2D eigenvalue weighted by atomic mass is 16.5. The number of ether oxygens (including phenoxy) is 2. The van der Waals surface area contributed by atoms with Crippen molar-refractivity contribution in [3.05, 3.63) is 12.3 Å². The highest BCUT2D eigenvalue weighted by Gasteiger charge is 2.73. The Labute approximate surface area is 151 Å². The summed E-state index contributed by atoms with van der Waals surface area (Å²) in [7, 11) is 1.49. The minimum absolute atomic E-state index is 0.117. The molecule has 7 atom stereocenters. The fraction of sp³-hybridized carbons (Fsp3) is 0.857. The van der Waals surface area contributed by atoms with E-state index in [0.29, 0.717) is 11.8 Å². The predicted octanol–water partition coefficient (Wildman–Crippen LogP) is 3.83.